The smallest absolute Gasteiger partial charge is 0.417 e. The number of rotatable bonds is 9. The Morgan fingerprint density at radius 1 is 1.02 bits per heavy atom. The van der Waals surface area contributed by atoms with Gasteiger partial charge in [0, 0.05) is 16.8 Å². The van der Waals surface area contributed by atoms with Crippen LogP contribution in [-0.2, 0) is 34.2 Å². The molecule has 0 amide bonds. The quantitative estimate of drug-likeness (QED) is 0.185. The number of benzene rings is 2. The Balaban J connectivity index is 1.51. The second kappa shape index (κ2) is 11.9. The monoisotopic (exact) mass is 625 g/mol. The van der Waals surface area contributed by atoms with Crippen molar-refractivity contribution >= 4 is 35.1 Å². The zero-order chi connectivity index (χ0) is 30.9. The molecule has 1 aromatic heterocycles. The van der Waals surface area contributed by atoms with Crippen molar-refractivity contribution in [3.63, 3.8) is 0 Å². The second-order valence-corrected chi connectivity index (χ2v) is 11.2. The third kappa shape index (κ3) is 6.39. The highest BCUT2D eigenvalue weighted by Crippen LogP contribution is 2.51. The van der Waals surface area contributed by atoms with Gasteiger partial charge in [-0.1, -0.05) is 65.2 Å². The maximum absolute atomic E-state index is 15.0. The van der Waals surface area contributed by atoms with E-state index in [1.54, 1.807) is 37.3 Å². The van der Waals surface area contributed by atoms with E-state index >= 15 is 0 Å². The van der Waals surface area contributed by atoms with Crippen LogP contribution in [0.4, 0.5) is 17.6 Å². The number of nitrogens with zero attached hydrogens (tertiary/aromatic N) is 1. The molecule has 42 heavy (non-hydrogen) atoms. The van der Waals surface area contributed by atoms with Gasteiger partial charge in [-0.2, -0.15) is 13.2 Å². The predicted molar refractivity (Wildman–Crippen MR) is 147 cm³/mol. The Bertz CT molecular complexity index is 1520. The number of pyridine rings is 1. The lowest BCUT2D eigenvalue weighted by molar-refractivity contribution is -0.152. The van der Waals surface area contributed by atoms with Gasteiger partial charge in [0.1, 0.15) is 22.9 Å². The molecule has 0 fully saturated rings. The molecule has 0 spiro atoms. The average molecular weight is 626 g/mol. The topological polar surface area (TPSA) is 96.7 Å². The number of allylic oxidation sites excluding steroid dienone is 1. The fourth-order valence-corrected chi connectivity index (χ4v) is 6.02. The molecule has 3 aromatic rings. The normalized spacial score (nSPS) is 20.6. The van der Waals surface area contributed by atoms with Gasteiger partial charge in [0.15, 0.2) is 0 Å². The molecule has 1 heterocycles. The van der Waals surface area contributed by atoms with Gasteiger partial charge < -0.3 is 14.9 Å². The molecular formula is C30H25Cl2F4NO5. The second-order valence-electron chi connectivity index (χ2n) is 10.4. The first kappa shape index (κ1) is 31.3. The van der Waals surface area contributed by atoms with Crippen molar-refractivity contribution in [2.24, 2.45) is 5.41 Å². The lowest BCUT2D eigenvalue weighted by atomic mass is 9.59. The van der Waals surface area contributed by atoms with Crippen LogP contribution in [0.3, 0.4) is 0 Å². The van der Waals surface area contributed by atoms with Crippen LogP contribution in [0.15, 0.2) is 66.4 Å². The highest BCUT2D eigenvalue weighted by atomic mass is 35.5. The highest BCUT2D eigenvalue weighted by molar-refractivity contribution is 6.32. The van der Waals surface area contributed by atoms with Crippen LogP contribution in [0.25, 0.3) is 0 Å². The van der Waals surface area contributed by atoms with Crippen LogP contribution >= 0.6 is 23.2 Å². The van der Waals surface area contributed by atoms with Crippen LogP contribution in [0.2, 0.25) is 10.0 Å². The van der Waals surface area contributed by atoms with E-state index in [0.717, 1.165) is 17.7 Å². The van der Waals surface area contributed by atoms with Crippen molar-refractivity contribution in [2.45, 2.75) is 50.8 Å². The van der Waals surface area contributed by atoms with E-state index in [2.05, 4.69) is 4.98 Å². The fourth-order valence-electron chi connectivity index (χ4n) is 5.45. The first-order valence-corrected chi connectivity index (χ1v) is 13.5. The molecule has 12 heteroatoms. The summed E-state index contributed by atoms with van der Waals surface area (Å²) in [6, 6.07) is 11.4. The molecule has 6 nitrogen and oxygen atoms in total. The van der Waals surface area contributed by atoms with E-state index < -0.39 is 46.7 Å². The van der Waals surface area contributed by atoms with Gasteiger partial charge in [-0.05, 0) is 61.9 Å². The molecular weight excluding hydrogens is 601 g/mol. The van der Waals surface area contributed by atoms with Crippen LogP contribution in [0.1, 0.15) is 48.4 Å². The molecule has 2 atom stereocenters. The van der Waals surface area contributed by atoms with Crippen LogP contribution in [-0.4, -0.2) is 27.1 Å². The van der Waals surface area contributed by atoms with Gasteiger partial charge in [-0.25, -0.2) is 9.37 Å². The standard InChI is InChI=1S/C30H25Cl2F4NO5/c1-17-12-28(26(38)39,16-29(13-17,27(40)41)24-21(31)3-2-4-23(24)33)10-9-18-5-7-19(8-6-18)15-42-25-22(32)11-20(14-37-25)30(34,35)36/h2-8,11-12,14H,9-10,13,15-16H2,1H3,(H,38,39)(H,40,41). The number of hydrogen-bond acceptors (Lipinski definition) is 4. The maximum Gasteiger partial charge on any atom is 0.417 e. The van der Waals surface area contributed by atoms with Crippen molar-refractivity contribution in [1.82, 2.24) is 4.98 Å². The fraction of sp³-hybridized carbons (Fsp3) is 0.300. The van der Waals surface area contributed by atoms with Crippen molar-refractivity contribution in [1.29, 1.82) is 0 Å². The molecule has 0 aliphatic heterocycles. The molecule has 2 aromatic carbocycles. The third-order valence-electron chi connectivity index (χ3n) is 7.39. The molecule has 222 valence electrons. The summed E-state index contributed by atoms with van der Waals surface area (Å²) in [6.07, 6.45) is -2.61. The maximum atomic E-state index is 15.0. The van der Waals surface area contributed by atoms with Crippen LogP contribution in [0.5, 0.6) is 5.88 Å². The number of aliphatic carboxylic acids is 2. The number of halogens is 6. The van der Waals surface area contributed by atoms with Gasteiger partial charge in [0.05, 0.1) is 11.0 Å². The van der Waals surface area contributed by atoms with Gasteiger partial charge in [0.2, 0.25) is 5.88 Å². The van der Waals surface area contributed by atoms with Crippen LogP contribution in [0, 0.1) is 11.2 Å². The van der Waals surface area contributed by atoms with Crippen molar-refractivity contribution in [2.75, 3.05) is 0 Å². The van der Waals surface area contributed by atoms with E-state index in [1.165, 1.54) is 12.1 Å². The molecule has 4 rings (SSSR count). The Morgan fingerprint density at radius 2 is 1.69 bits per heavy atom. The summed E-state index contributed by atoms with van der Waals surface area (Å²) in [5, 5.41) is 20.3. The number of carbonyl (C=O) groups is 2. The number of carboxylic acid groups (broad SMARTS) is 2. The van der Waals surface area contributed by atoms with Gasteiger partial charge in [-0.3, -0.25) is 9.59 Å². The van der Waals surface area contributed by atoms with E-state index in [-0.39, 0.29) is 47.4 Å². The van der Waals surface area contributed by atoms with E-state index in [0.29, 0.717) is 17.3 Å². The van der Waals surface area contributed by atoms with E-state index in [9.17, 15) is 37.4 Å². The van der Waals surface area contributed by atoms with E-state index in [4.69, 9.17) is 27.9 Å². The van der Waals surface area contributed by atoms with Crippen molar-refractivity contribution < 1.29 is 42.1 Å². The average Bonchev–Trinajstić information content (AvgIpc) is 2.90. The highest BCUT2D eigenvalue weighted by Gasteiger charge is 2.54. The molecule has 0 saturated carbocycles. The summed E-state index contributed by atoms with van der Waals surface area (Å²) in [6.45, 7) is 1.58. The summed E-state index contributed by atoms with van der Waals surface area (Å²) >= 11 is 12.1. The van der Waals surface area contributed by atoms with Crippen LogP contribution < -0.4 is 4.74 Å². The summed E-state index contributed by atoms with van der Waals surface area (Å²) in [7, 11) is 0. The lowest BCUT2D eigenvalue weighted by Gasteiger charge is -2.42. The summed E-state index contributed by atoms with van der Waals surface area (Å²) in [4.78, 5) is 29.0. The van der Waals surface area contributed by atoms with Gasteiger partial charge in [-0.15, -0.1) is 0 Å². The first-order valence-electron chi connectivity index (χ1n) is 12.7. The van der Waals surface area contributed by atoms with Crippen molar-refractivity contribution in [3.8, 4) is 5.88 Å². The SMILES string of the molecule is CC1=CC(CCc2ccc(COc3ncc(C(F)(F)F)cc3Cl)cc2)(C(=O)O)CC(C(=O)O)(c2c(F)cccc2Cl)C1. The Morgan fingerprint density at radius 3 is 2.26 bits per heavy atom. The first-order chi connectivity index (χ1) is 19.7. The molecule has 0 saturated heterocycles. The Labute approximate surface area is 248 Å². The summed E-state index contributed by atoms with van der Waals surface area (Å²) in [5.41, 5.74) is -2.84. The minimum atomic E-state index is -4.59. The summed E-state index contributed by atoms with van der Waals surface area (Å²) < 4.78 is 58.9. The Kier molecular flexibility index (Phi) is 8.89. The number of alkyl halides is 3. The molecule has 1 aliphatic rings. The molecule has 0 bridgehead atoms. The zero-order valence-corrected chi connectivity index (χ0v) is 23.7. The lowest BCUT2D eigenvalue weighted by Crippen LogP contribution is -2.48. The number of carboxylic acids is 2. The minimum Gasteiger partial charge on any atom is -0.481 e. The number of aryl methyl sites for hydroxylation is 1. The van der Waals surface area contributed by atoms with Gasteiger partial charge in [0.25, 0.3) is 0 Å². The summed E-state index contributed by atoms with van der Waals surface area (Å²) in [5.74, 6) is -3.57. The number of hydrogen-bond donors (Lipinski definition) is 2. The molecule has 1 aliphatic carbocycles. The number of aromatic nitrogens is 1. The number of ether oxygens (including phenoxy) is 1. The van der Waals surface area contributed by atoms with Gasteiger partial charge >= 0.3 is 18.1 Å². The third-order valence-corrected chi connectivity index (χ3v) is 7.98. The Hall–Kier alpha value is -3.63. The molecule has 2 unspecified atom stereocenters. The van der Waals surface area contributed by atoms with Crippen molar-refractivity contribution in [3.05, 3.63) is 104 Å². The minimum absolute atomic E-state index is 0.0295. The largest absolute Gasteiger partial charge is 0.481 e. The zero-order valence-electron chi connectivity index (χ0n) is 22.1. The van der Waals surface area contributed by atoms with E-state index in [1.807, 2.05) is 0 Å². The molecule has 2 N–H and O–H groups in total. The molecule has 0 radical (unpaired) electrons. The predicted octanol–water partition coefficient (Wildman–Crippen LogP) is 7.89.